The first kappa shape index (κ1) is 15.9. The van der Waals surface area contributed by atoms with Crippen LogP contribution >= 0.6 is 0 Å². The number of carboxylic acids is 1. The smallest absolute Gasteiger partial charge is 0.335 e. The molecule has 0 aliphatic rings. The van der Waals surface area contributed by atoms with E-state index in [-0.39, 0.29) is 35.7 Å². The Morgan fingerprint density at radius 2 is 2.10 bits per heavy atom. The third kappa shape index (κ3) is 4.82. The molecule has 4 N–H and O–H groups in total. The molecule has 0 bridgehead atoms. The molecule has 0 unspecified atom stereocenters. The Bertz CT molecular complexity index is 628. The van der Waals surface area contributed by atoms with E-state index < -0.39 is 20.9 Å². The lowest BCUT2D eigenvalue weighted by Crippen LogP contribution is -2.18. The zero-order chi connectivity index (χ0) is 15.3. The Morgan fingerprint density at radius 3 is 2.60 bits per heavy atom. The molecule has 0 radical (unpaired) electrons. The number of hydrogen-bond donors (Lipinski definition) is 3. The predicted molar refractivity (Wildman–Crippen MR) is 71.1 cm³/mol. The van der Waals surface area contributed by atoms with Crippen molar-refractivity contribution in [3.63, 3.8) is 0 Å². The number of rotatable bonds is 7. The molecule has 10 heteroatoms. The summed E-state index contributed by atoms with van der Waals surface area (Å²) in [7, 11) is -3.57. The van der Waals surface area contributed by atoms with Gasteiger partial charge in [-0.3, -0.25) is 10.1 Å². The third-order valence-electron chi connectivity index (χ3n) is 2.36. The first-order chi connectivity index (χ1) is 9.20. The fourth-order valence-corrected chi connectivity index (χ4v) is 2.01. The second kappa shape index (κ2) is 6.30. The monoisotopic (exact) mass is 303 g/mol. The Morgan fingerprint density at radius 1 is 1.45 bits per heavy atom. The average Bonchev–Trinajstić information content (AvgIpc) is 2.33. The van der Waals surface area contributed by atoms with Gasteiger partial charge >= 0.3 is 5.97 Å². The molecule has 0 spiro atoms. The summed E-state index contributed by atoms with van der Waals surface area (Å²) in [6.07, 6.45) is 0.177. The minimum Gasteiger partial charge on any atom is -0.478 e. The average molecular weight is 303 g/mol. The second-order valence-electron chi connectivity index (χ2n) is 3.94. The minimum absolute atomic E-state index is 0.120. The molecular weight excluding hydrogens is 290 g/mol. The molecule has 1 rings (SSSR count). The number of nitrogens with one attached hydrogen (secondary N) is 1. The molecule has 0 saturated carbocycles. The summed E-state index contributed by atoms with van der Waals surface area (Å²) < 4.78 is 21.4. The largest absolute Gasteiger partial charge is 0.478 e. The van der Waals surface area contributed by atoms with E-state index >= 15 is 0 Å². The number of sulfonamides is 1. The van der Waals surface area contributed by atoms with E-state index in [0.29, 0.717) is 0 Å². The standard InChI is InChI=1S/C10H13N3O6S/c11-20(18,19)5-1-4-12-8-3-2-7(10(14)15)6-9(8)13(16)17/h2-3,6,12H,1,4-5H2,(H,14,15)(H2,11,18,19). The van der Waals surface area contributed by atoms with Crippen molar-refractivity contribution in [2.45, 2.75) is 6.42 Å². The Hall–Kier alpha value is -2.20. The van der Waals surface area contributed by atoms with E-state index in [1.165, 1.54) is 12.1 Å². The summed E-state index contributed by atoms with van der Waals surface area (Å²) in [5, 5.41) is 27.1. The predicted octanol–water partition coefficient (Wildman–Crippen LogP) is 0.383. The molecule has 9 nitrogen and oxygen atoms in total. The maximum atomic E-state index is 10.8. The van der Waals surface area contributed by atoms with Gasteiger partial charge in [-0.1, -0.05) is 0 Å². The Balaban J connectivity index is 2.79. The van der Waals surface area contributed by atoms with Crippen molar-refractivity contribution in [2.75, 3.05) is 17.6 Å². The Labute approximate surface area is 114 Å². The summed E-state index contributed by atoms with van der Waals surface area (Å²) in [6.45, 7) is 0.156. The number of anilines is 1. The highest BCUT2D eigenvalue weighted by Crippen LogP contribution is 2.25. The van der Waals surface area contributed by atoms with E-state index in [9.17, 15) is 23.3 Å². The number of nitrogens with zero attached hydrogens (tertiary/aromatic N) is 1. The maximum Gasteiger partial charge on any atom is 0.335 e. The molecule has 0 atom stereocenters. The molecule has 0 fully saturated rings. The third-order valence-corrected chi connectivity index (χ3v) is 3.22. The first-order valence-corrected chi connectivity index (χ1v) is 7.18. The fourth-order valence-electron chi connectivity index (χ4n) is 1.46. The van der Waals surface area contributed by atoms with Crippen LogP contribution in [0.2, 0.25) is 0 Å². The van der Waals surface area contributed by atoms with Crippen molar-refractivity contribution in [1.29, 1.82) is 0 Å². The van der Waals surface area contributed by atoms with Crippen molar-refractivity contribution < 1.29 is 23.2 Å². The number of nitrogens with two attached hydrogens (primary N) is 1. The van der Waals surface area contributed by atoms with Crippen LogP contribution in [0.15, 0.2) is 18.2 Å². The van der Waals surface area contributed by atoms with E-state index in [0.717, 1.165) is 6.07 Å². The highest BCUT2D eigenvalue weighted by Gasteiger charge is 2.17. The van der Waals surface area contributed by atoms with Gasteiger partial charge in [-0.15, -0.1) is 0 Å². The minimum atomic E-state index is -3.57. The summed E-state index contributed by atoms with van der Waals surface area (Å²) in [6, 6.07) is 3.42. The van der Waals surface area contributed by atoms with Crippen LogP contribution in [0.4, 0.5) is 11.4 Å². The molecule has 110 valence electrons. The molecule has 0 amide bonds. The van der Waals surface area contributed by atoms with Crippen LogP contribution in [0.25, 0.3) is 0 Å². The van der Waals surface area contributed by atoms with Gasteiger partial charge in [0.15, 0.2) is 0 Å². The van der Waals surface area contributed by atoms with Crippen LogP contribution in [0.1, 0.15) is 16.8 Å². The summed E-state index contributed by atoms with van der Waals surface area (Å²) >= 11 is 0. The molecule has 0 aromatic heterocycles. The molecule has 0 aliphatic heterocycles. The van der Waals surface area contributed by atoms with Gasteiger partial charge < -0.3 is 10.4 Å². The van der Waals surface area contributed by atoms with Crippen molar-refractivity contribution in [2.24, 2.45) is 5.14 Å². The van der Waals surface area contributed by atoms with Crippen molar-refractivity contribution >= 4 is 27.4 Å². The normalized spacial score (nSPS) is 11.1. The van der Waals surface area contributed by atoms with E-state index in [1.54, 1.807) is 0 Å². The number of carbonyl (C=O) groups is 1. The van der Waals surface area contributed by atoms with E-state index in [4.69, 9.17) is 10.2 Å². The quantitative estimate of drug-likeness (QED) is 0.374. The number of aromatic carboxylic acids is 1. The number of primary sulfonamides is 1. The van der Waals surface area contributed by atoms with Crippen LogP contribution in [0, 0.1) is 10.1 Å². The molecule has 1 aromatic carbocycles. The number of hydrogen-bond acceptors (Lipinski definition) is 6. The van der Waals surface area contributed by atoms with E-state index in [1.807, 2.05) is 0 Å². The first-order valence-electron chi connectivity index (χ1n) is 5.47. The van der Waals surface area contributed by atoms with Gasteiger partial charge in [0.2, 0.25) is 10.0 Å². The number of nitro benzene ring substituents is 1. The summed E-state index contributed by atoms with van der Waals surface area (Å²) in [4.78, 5) is 20.9. The highest BCUT2D eigenvalue weighted by atomic mass is 32.2. The van der Waals surface area contributed by atoms with Crippen LogP contribution < -0.4 is 10.5 Å². The molecule has 0 aliphatic carbocycles. The van der Waals surface area contributed by atoms with Crippen molar-refractivity contribution in [3.05, 3.63) is 33.9 Å². The molecule has 0 saturated heterocycles. The maximum absolute atomic E-state index is 10.8. The van der Waals surface area contributed by atoms with Gasteiger partial charge in [0.05, 0.1) is 16.2 Å². The molecule has 20 heavy (non-hydrogen) atoms. The van der Waals surface area contributed by atoms with Crippen LogP contribution in [-0.4, -0.2) is 36.7 Å². The van der Waals surface area contributed by atoms with Gasteiger partial charge in [-0.05, 0) is 18.6 Å². The zero-order valence-corrected chi connectivity index (χ0v) is 11.1. The fraction of sp³-hybridized carbons (Fsp3) is 0.300. The van der Waals surface area contributed by atoms with Crippen LogP contribution in [0.5, 0.6) is 0 Å². The topological polar surface area (TPSA) is 153 Å². The lowest BCUT2D eigenvalue weighted by molar-refractivity contribution is -0.384. The van der Waals surface area contributed by atoms with Crippen LogP contribution in [-0.2, 0) is 10.0 Å². The molecular formula is C10H13N3O6S. The van der Waals surface area contributed by atoms with Gasteiger partial charge in [0.1, 0.15) is 5.69 Å². The number of benzene rings is 1. The molecule has 1 aromatic rings. The van der Waals surface area contributed by atoms with Crippen LogP contribution in [0.3, 0.4) is 0 Å². The van der Waals surface area contributed by atoms with Gasteiger partial charge in [0, 0.05) is 12.6 Å². The van der Waals surface area contributed by atoms with Gasteiger partial charge in [-0.2, -0.15) is 0 Å². The lowest BCUT2D eigenvalue weighted by Gasteiger charge is -2.07. The second-order valence-corrected chi connectivity index (χ2v) is 5.68. The summed E-state index contributed by atoms with van der Waals surface area (Å²) in [5.74, 6) is -1.52. The van der Waals surface area contributed by atoms with Crippen molar-refractivity contribution in [1.82, 2.24) is 0 Å². The zero-order valence-electron chi connectivity index (χ0n) is 10.3. The van der Waals surface area contributed by atoms with E-state index in [2.05, 4.69) is 5.32 Å². The molecule has 0 heterocycles. The Kier molecular flexibility index (Phi) is 5.00. The lowest BCUT2D eigenvalue weighted by atomic mass is 10.1. The summed E-state index contributed by atoms with van der Waals surface area (Å²) in [5.41, 5.74) is -0.471. The SMILES string of the molecule is NS(=O)(=O)CCCNc1ccc(C(=O)O)cc1[N+](=O)[O-]. The number of nitro groups is 1. The number of carboxylic acid groups (broad SMARTS) is 1. The van der Waals surface area contributed by atoms with Crippen molar-refractivity contribution in [3.8, 4) is 0 Å². The van der Waals surface area contributed by atoms with Gasteiger partial charge in [0.25, 0.3) is 5.69 Å². The highest BCUT2D eigenvalue weighted by molar-refractivity contribution is 7.89. The van der Waals surface area contributed by atoms with Gasteiger partial charge in [-0.25, -0.2) is 18.4 Å².